The molecule has 2 atom stereocenters. The zero-order chi connectivity index (χ0) is 9.30. The minimum absolute atomic E-state index is 0.147. The Kier molecular flexibility index (Phi) is 2.40. The molecule has 1 saturated heterocycles. The Morgan fingerprint density at radius 3 is 2.42 bits per heavy atom. The number of hydrogen-bond donors (Lipinski definition) is 0. The van der Waals surface area contributed by atoms with Crippen molar-refractivity contribution in [3.05, 3.63) is 6.08 Å². The molecule has 1 heterocycles. The number of carbonyl (C=O) groups excluding carboxylic acids is 2. The summed E-state index contributed by atoms with van der Waals surface area (Å²) >= 11 is 4.48. The Labute approximate surface area is 76.0 Å². The minimum atomic E-state index is -0.403. The van der Waals surface area contributed by atoms with Crippen molar-refractivity contribution in [3.8, 4) is 0 Å². The van der Waals surface area contributed by atoms with Gasteiger partial charge in [-0.05, 0) is 23.3 Å². The molecule has 0 bridgehead atoms. The van der Waals surface area contributed by atoms with E-state index >= 15 is 0 Å². The van der Waals surface area contributed by atoms with Gasteiger partial charge in [-0.3, -0.25) is 14.5 Å². The lowest BCUT2D eigenvalue weighted by atomic mass is 9.97. The Morgan fingerprint density at radius 1 is 1.50 bits per heavy atom. The lowest BCUT2D eigenvalue weighted by Gasteiger charge is -2.03. The van der Waals surface area contributed by atoms with Crippen LogP contribution in [0.3, 0.4) is 0 Å². The van der Waals surface area contributed by atoms with E-state index in [-0.39, 0.29) is 17.7 Å². The van der Waals surface area contributed by atoms with Gasteiger partial charge in [0.25, 0.3) is 0 Å². The standard InChI is InChI=1S/C8H9NO2S/c1-5-6(3-4-12)8(11)9(2)7(5)10/h3,5-6H,1-2H3. The number of rotatable bonds is 1. The number of likely N-dealkylation sites (tertiary alicyclic amines) is 1. The maximum atomic E-state index is 11.3. The van der Waals surface area contributed by atoms with Crippen LogP contribution in [0.25, 0.3) is 0 Å². The van der Waals surface area contributed by atoms with Crippen molar-refractivity contribution in [2.24, 2.45) is 11.8 Å². The molecule has 0 spiro atoms. The van der Waals surface area contributed by atoms with Gasteiger partial charge in [0.05, 0.1) is 11.8 Å². The lowest BCUT2D eigenvalue weighted by Crippen LogP contribution is -2.25. The molecule has 0 saturated carbocycles. The molecule has 1 aliphatic heterocycles. The third kappa shape index (κ3) is 1.19. The number of hydrogen-bond acceptors (Lipinski definition) is 3. The summed E-state index contributed by atoms with van der Waals surface area (Å²) < 4.78 is 0. The Balaban J connectivity index is 2.98. The smallest absolute Gasteiger partial charge is 0.237 e. The van der Waals surface area contributed by atoms with Gasteiger partial charge in [0, 0.05) is 7.05 Å². The van der Waals surface area contributed by atoms with Gasteiger partial charge in [0.15, 0.2) is 0 Å². The Morgan fingerprint density at radius 2 is 2.08 bits per heavy atom. The molecule has 1 aliphatic rings. The molecule has 3 nitrogen and oxygen atoms in total. The van der Waals surface area contributed by atoms with Gasteiger partial charge in [-0.25, -0.2) is 0 Å². The zero-order valence-electron chi connectivity index (χ0n) is 6.90. The van der Waals surface area contributed by atoms with Crippen molar-refractivity contribution in [2.75, 3.05) is 7.05 Å². The van der Waals surface area contributed by atoms with E-state index in [1.165, 1.54) is 13.1 Å². The van der Waals surface area contributed by atoms with Gasteiger partial charge in [0.2, 0.25) is 11.8 Å². The largest absolute Gasteiger partial charge is 0.285 e. The van der Waals surface area contributed by atoms with Crippen molar-refractivity contribution in [1.82, 2.24) is 4.90 Å². The molecule has 2 unspecified atom stereocenters. The molecular weight excluding hydrogens is 174 g/mol. The highest BCUT2D eigenvalue weighted by atomic mass is 32.1. The van der Waals surface area contributed by atoms with Gasteiger partial charge in [0.1, 0.15) is 0 Å². The summed E-state index contributed by atoms with van der Waals surface area (Å²) in [7, 11) is 1.48. The van der Waals surface area contributed by atoms with Crippen LogP contribution < -0.4 is 0 Å². The van der Waals surface area contributed by atoms with Gasteiger partial charge < -0.3 is 0 Å². The van der Waals surface area contributed by atoms with E-state index in [0.717, 1.165) is 4.90 Å². The summed E-state index contributed by atoms with van der Waals surface area (Å²) in [5, 5.41) is 2.37. The van der Waals surface area contributed by atoms with Crippen molar-refractivity contribution < 1.29 is 9.59 Å². The summed E-state index contributed by atoms with van der Waals surface area (Å²) in [6.45, 7) is 1.72. The first-order valence-electron chi connectivity index (χ1n) is 3.62. The van der Waals surface area contributed by atoms with Crippen LogP contribution in [-0.2, 0) is 9.59 Å². The topological polar surface area (TPSA) is 37.4 Å². The highest BCUT2D eigenvalue weighted by molar-refractivity contribution is 7.78. The average molecular weight is 183 g/mol. The average Bonchev–Trinajstić information content (AvgIpc) is 2.23. The molecular formula is C8H9NO2S. The number of thiocarbonyl (C=S) groups is 1. The molecule has 1 rings (SSSR count). The maximum Gasteiger partial charge on any atom is 0.237 e. The normalized spacial score (nSPS) is 29.0. The van der Waals surface area contributed by atoms with Crippen LogP contribution in [0.15, 0.2) is 6.08 Å². The van der Waals surface area contributed by atoms with E-state index in [4.69, 9.17) is 0 Å². The van der Waals surface area contributed by atoms with E-state index in [1.807, 2.05) is 0 Å². The number of amides is 2. The highest BCUT2D eigenvalue weighted by Gasteiger charge is 2.41. The Bertz CT molecular complexity index is 281. The van der Waals surface area contributed by atoms with Crippen LogP contribution in [0.4, 0.5) is 0 Å². The molecule has 0 aromatic carbocycles. The van der Waals surface area contributed by atoms with Crippen LogP contribution in [0.2, 0.25) is 0 Å². The third-order valence-corrected chi connectivity index (χ3v) is 2.26. The molecule has 0 aliphatic carbocycles. The van der Waals surface area contributed by atoms with Crippen molar-refractivity contribution in [3.63, 3.8) is 0 Å². The Hall–Kier alpha value is -0.990. The molecule has 0 aromatic rings. The highest BCUT2D eigenvalue weighted by Crippen LogP contribution is 2.24. The molecule has 2 amide bonds. The monoisotopic (exact) mass is 183 g/mol. The van der Waals surface area contributed by atoms with Crippen LogP contribution in [-0.4, -0.2) is 28.8 Å². The quantitative estimate of drug-likeness (QED) is 0.436. The zero-order valence-corrected chi connectivity index (χ0v) is 7.72. The SMILES string of the molecule is CC1C(=O)N(C)C(=O)C1C=C=S. The molecule has 4 heteroatoms. The molecule has 0 N–H and O–H groups in total. The van der Waals surface area contributed by atoms with E-state index in [9.17, 15) is 9.59 Å². The predicted molar refractivity (Wildman–Crippen MR) is 47.6 cm³/mol. The van der Waals surface area contributed by atoms with Crippen LogP contribution in [0.1, 0.15) is 6.92 Å². The van der Waals surface area contributed by atoms with Crippen molar-refractivity contribution >= 4 is 29.1 Å². The van der Waals surface area contributed by atoms with Crippen LogP contribution >= 0.6 is 12.2 Å². The van der Waals surface area contributed by atoms with E-state index < -0.39 is 5.92 Å². The van der Waals surface area contributed by atoms with Crippen molar-refractivity contribution in [1.29, 1.82) is 0 Å². The summed E-state index contributed by atoms with van der Waals surface area (Å²) in [4.78, 5) is 23.7. The van der Waals surface area contributed by atoms with Crippen LogP contribution in [0.5, 0.6) is 0 Å². The second-order valence-corrected chi connectivity index (χ2v) is 3.07. The number of imide groups is 1. The molecule has 12 heavy (non-hydrogen) atoms. The fourth-order valence-electron chi connectivity index (χ4n) is 1.29. The summed E-state index contributed by atoms with van der Waals surface area (Å²) in [6, 6.07) is 0. The third-order valence-electron chi connectivity index (χ3n) is 2.12. The van der Waals surface area contributed by atoms with Gasteiger partial charge >= 0.3 is 0 Å². The number of carbonyl (C=O) groups is 2. The fourth-order valence-corrected chi connectivity index (χ4v) is 1.44. The first kappa shape index (κ1) is 9.10. The molecule has 64 valence electrons. The summed E-state index contributed by atoms with van der Waals surface area (Å²) in [5.74, 6) is -1.03. The molecule has 1 fully saturated rings. The van der Waals surface area contributed by atoms with E-state index in [1.54, 1.807) is 6.92 Å². The minimum Gasteiger partial charge on any atom is -0.285 e. The molecule has 0 radical (unpaired) electrons. The first-order valence-corrected chi connectivity index (χ1v) is 4.03. The second-order valence-electron chi connectivity index (χ2n) is 2.83. The summed E-state index contributed by atoms with van der Waals surface area (Å²) in [6.07, 6.45) is 1.48. The number of nitrogens with zero attached hydrogens (tertiary/aromatic N) is 1. The van der Waals surface area contributed by atoms with E-state index in [2.05, 4.69) is 17.2 Å². The summed E-state index contributed by atoms with van der Waals surface area (Å²) in [5.41, 5.74) is 0. The van der Waals surface area contributed by atoms with Crippen LogP contribution in [0, 0.1) is 11.8 Å². The van der Waals surface area contributed by atoms with Gasteiger partial charge in [-0.1, -0.05) is 6.92 Å². The lowest BCUT2D eigenvalue weighted by molar-refractivity contribution is -0.137. The van der Waals surface area contributed by atoms with Gasteiger partial charge in [-0.2, -0.15) is 0 Å². The second kappa shape index (κ2) is 3.17. The van der Waals surface area contributed by atoms with Crippen molar-refractivity contribution in [2.45, 2.75) is 6.92 Å². The van der Waals surface area contributed by atoms with Gasteiger partial charge in [-0.15, -0.1) is 0 Å². The predicted octanol–water partition coefficient (Wildman–Crippen LogP) is 0.392. The fraction of sp³-hybridized carbons (Fsp3) is 0.500. The molecule has 0 aromatic heterocycles. The van der Waals surface area contributed by atoms with E-state index in [0.29, 0.717) is 0 Å². The maximum absolute atomic E-state index is 11.3. The first-order chi connectivity index (χ1) is 5.59.